The molecule has 0 bridgehead atoms. The molecular formula is C15H23N3. The molecule has 1 N–H and O–H groups in total. The van der Waals surface area contributed by atoms with E-state index in [0.29, 0.717) is 0 Å². The van der Waals surface area contributed by atoms with E-state index in [1.807, 2.05) is 0 Å². The van der Waals surface area contributed by atoms with E-state index >= 15 is 0 Å². The van der Waals surface area contributed by atoms with Gasteiger partial charge in [-0.15, -0.1) is 0 Å². The van der Waals surface area contributed by atoms with Crippen molar-refractivity contribution in [3.8, 4) is 0 Å². The van der Waals surface area contributed by atoms with Crippen molar-refractivity contribution in [2.24, 2.45) is 0 Å². The summed E-state index contributed by atoms with van der Waals surface area (Å²) >= 11 is 0. The normalized spacial score (nSPS) is 11.1. The third-order valence-corrected chi connectivity index (χ3v) is 3.03. The zero-order chi connectivity index (χ0) is 13.6. The SMILES string of the molecule is C=CNc1cnc(C(C)(C)CCCC)nc1C=C. The summed E-state index contributed by atoms with van der Waals surface area (Å²) in [5.41, 5.74) is 1.67. The molecule has 0 fully saturated rings. The van der Waals surface area contributed by atoms with E-state index in [-0.39, 0.29) is 5.41 Å². The Morgan fingerprint density at radius 3 is 2.67 bits per heavy atom. The second-order valence-corrected chi connectivity index (χ2v) is 5.03. The fraction of sp³-hybridized carbons (Fsp3) is 0.467. The Bertz CT molecular complexity index is 422. The largest absolute Gasteiger partial charge is 0.359 e. The number of anilines is 1. The third kappa shape index (κ3) is 3.42. The van der Waals surface area contributed by atoms with Crippen LogP contribution in [0, 0.1) is 0 Å². The number of nitrogens with zero attached hydrogens (tertiary/aromatic N) is 2. The fourth-order valence-electron chi connectivity index (χ4n) is 1.83. The van der Waals surface area contributed by atoms with Gasteiger partial charge in [0.15, 0.2) is 0 Å². The van der Waals surface area contributed by atoms with Crippen LogP contribution < -0.4 is 5.32 Å². The van der Waals surface area contributed by atoms with Gasteiger partial charge in [-0.25, -0.2) is 9.97 Å². The number of hydrogen-bond donors (Lipinski definition) is 1. The zero-order valence-electron chi connectivity index (χ0n) is 11.7. The first-order valence-corrected chi connectivity index (χ1v) is 6.42. The fourth-order valence-corrected chi connectivity index (χ4v) is 1.83. The van der Waals surface area contributed by atoms with Crippen LogP contribution in [0.2, 0.25) is 0 Å². The smallest absolute Gasteiger partial charge is 0.134 e. The molecule has 1 aromatic rings. The molecule has 0 radical (unpaired) electrons. The van der Waals surface area contributed by atoms with E-state index in [2.05, 4.69) is 49.2 Å². The lowest BCUT2D eigenvalue weighted by Crippen LogP contribution is -2.21. The molecule has 98 valence electrons. The molecule has 3 nitrogen and oxygen atoms in total. The average Bonchev–Trinajstić information content (AvgIpc) is 2.37. The van der Waals surface area contributed by atoms with Crippen LogP contribution in [0.25, 0.3) is 6.08 Å². The standard InChI is InChI=1S/C15H23N3/c1-6-9-10-15(4,5)14-17-11-13(16-8-3)12(7-2)18-14/h7-8,11,16H,2-3,6,9-10H2,1,4-5H3. The molecule has 18 heavy (non-hydrogen) atoms. The number of aromatic nitrogens is 2. The van der Waals surface area contributed by atoms with Gasteiger partial charge < -0.3 is 5.32 Å². The summed E-state index contributed by atoms with van der Waals surface area (Å²) in [4.78, 5) is 9.06. The van der Waals surface area contributed by atoms with E-state index < -0.39 is 0 Å². The predicted molar refractivity (Wildman–Crippen MR) is 78.5 cm³/mol. The van der Waals surface area contributed by atoms with Gasteiger partial charge in [0.05, 0.1) is 17.6 Å². The maximum absolute atomic E-state index is 4.59. The highest BCUT2D eigenvalue weighted by molar-refractivity contribution is 5.62. The molecule has 1 aromatic heterocycles. The van der Waals surface area contributed by atoms with E-state index in [9.17, 15) is 0 Å². The van der Waals surface area contributed by atoms with Crippen molar-refractivity contribution in [3.05, 3.63) is 37.1 Å². The highest BCUT2D eigenvalue weighted by atomic mass is 15.0. The minimum atomic E-state index is 0.000475. The van der Waals surface area contributed by atoms with E-state index in [4.69, 9.17) is 0 Å². The Morgan fingerprint density at radius 2 is 2.11 bits per heavy atom. The third-order valence-electron chi connectivity index (χ3n) is 3.03. The molecule has 0 aliphatic rings. The number of hydrogen-bond acceptors (Lipinski definition) is 3. The number of unbranched alkanes of at least 4 members (excludes halogenated alkanes) is 1. The van der Waals surface area contributed by atoms with Crippen LogP contribution in [0.3, 0.4) is 0 Å². The molecular weight excluding hydrogens is 222 g/mol. The van der Waals surface area contributed by atoms with Gasteiger partial charge in [-0.05, 0) is 18.7 Å². The van der Waals surface area contributed by atoms with Gasteiger partial charge in [-0.1, -0.05) is 46.8 Å². The number of nitrogens with one attached hydrogen (secondary N) is 1. The van der Waals surface area contributed by atoms with Crippen LogP contribution in [0.15, 0.2) is 25.6 Å². The Balaban J connectivity index is 3.03. The van der Waals surface area contributed by atoms with Crippen molar-refractivity contribution in [1.29, 1.82) is 0 Å². The van der Waals surface area contributed by atoms with Gasteiger partial charge in [-0.3, -0.25) is 0 Å². The quantitative estimate of drug-likeness (QED) is 0.784. The zero-order valence-corrected chi connectivity index (χ0v) is 11.7. The Labute approximate surface area is 110 Å². The molecule has 0 amide bonds. The van der Waals surface area contributed by atoms with E-state index in [1.54, 1.807) is 18.5 Å². The summed E-state index contributed by atoms with van der Waals surface area (Å²) in [6.07, 6.45) is 8.63. The van der Waals surface area contributed by atoms with Crippen LogP contribution >= 0.6 is 0 Å². The maximum Gasteiger partial charge on any atom is 0.134 e. The maximum atomic E-state index is 4.59. The van der Waals surface area contributed by atoms with Crippen LogP contribution in [-0.2, 0) is 5.41 Å². The number of rotatable bonds is 7. The second-order valence-electron chi connectivity index (χ2n) is 5.03. The summed E-state index contributed by atoms with van der Waals surface area (Å²) in [5, 5.41) is 3.02. The van der Waals surface area contributed by atoms with Gasteiger partial charge in [0.25, 0.3) is 0 Å². The van der Waals surface area contributed by atoms with Gasteiger partial charge in [0.1, 0.15) is 5.82 Å². The van der Waals surface area contributed by atoms with Gasteiger partial charge >= 0.3 is 0 Å². The van der Waals surface area contributed by atoms with Gasteiger partial charge in [0.2, 0.25) is 0 Å². The molecule has 0 unspecified atom stereocenters. The highest BCUT2D eigenvalue weighted by Gasteiger charge is 2.23. The van der Waals surface area contributed by atoms with Crippen molar-refractivity contribution in [2.45, 2.75) is 45.4 Å². The highest BCUT2D eigenvalue weighted by Crippen LogP contribution is 2.27. The first-order valence-electron chi connectivity index (χ1n) is 6.42. The summed E-state index contributed by atoms with van der Waals surface area (Å²) in [7, 11) is 0. The molecule has 1 rings (SSSR count). The topological polar surface area (TPSA) is 37.8 Å². The van der Waals surface area contributed by atoms with Crippen molar-refractivity contribution < 1.29 is 0 Å². The van der Waals surface area contributed by atoms with Crippen molar-refractivity contribution in [2.75, 3.05) is 5.32 Å². The van der Waals surface area contributed by atoms with Crippen LogP contribution in [0.4, 0.5) is 5.69 Å². The Hall–Kier alpha value is -1.64. The average molecular weight is 245 g/mol. The monoisotopic (exact) mass is 245 g/mol. The lowest BCUT2D eigenvalue weighted by atomic mass is 9.86. The summed E-state index contributed by atoms with van der Waals surface area (Å²) in [5.74, 6) is 0.875. The molecule has 0 spiro atoms. The molecule has 0 atom stereocenters. The lowest BCUT2D eigenvalue weighted by Gasteiger charge is -2.23. The summed E-state index contributed by atoms with van der Waals surface area (Å²) < 4.78 is 0. The second kappa shape index (κ2) is 6.34. The van der Waals surface area contributed by atoms with Crippen LogP contribution in [0.1, 0.15) is 51.6 Å². The van der Waals surface area contributed by atoms with Crippen molar-refractivity contribution in [1.82, 2.24) is 9.97 Å². The molecule has 0 aliphatic heterocycles. The Morgan fingerprint density at radius 1 is 1.39 bits per heavy atom. The summed E-state index contributed by atoms with van der Waals surface area (Å²) in [6, 6.07) is 0. The van der Waals surface area contributed by atoms with Crippen LogP contribution in [0.5, 0.6) is 0 Å². The Kier molecular flexibility index (Phi) is 5.08. The predicted octanol–water partition coefficient (Wildman–Crippen LogP) is 4.14. The van der Waals surface area contributed by atoms with Gasteiger partial charge in [-0.2, -0.15) is 0 Å². The molecule has 0 saturated heterocycles. The minimum Gasteiger partial charge on any atom is -0.359 e. The molecule has 0 aromatic carbocycles. The summed E-state index contributed by atoms with van der Waals surface area (Å²) in [6.45, 7) is 14.0. The first-order chi connectivity index (χ1) is 8.55. The molecule has 0 saturated carbocycles. The van der Waals surface area contributed by atoms with E-state index in [0.717, 1.165) is 23.6 Å². The lowest BCUT2D eigenvalue weighted by molar-refractivity contribution is 0.431. The minimum absolute atomic E-state index is 0.000475. The molecule has 1 heterocycles. The van der Waals surface area contributed by atoms with Crippen molar-refractivity contribution in [3.63, 3.8) is 0 Å². The van der Waals surface area contributed by atoms with Crippen molar-refractivity contribution >= 4 is 11.8 Å². The molecule has 3 heteroatoms. The van der Waals surface area contributed by atoms with Gasteiger partial charge in [0, 0.05) is 5.41 Å². The van der Waals surface area contributed by atoms with Crippen LogP contribution in [-0.4, -0.2) is 9.97 Å². The first kappa shape index (κ1) is 14.4. The molecule has 0 aliphatic carbocycles. The van der Waals surface area contributed by atoms with E-state index in [1.165, 1.54) is 12.8 Å².